The van der Waals surface area contributed by atoms with Crippen LogP contribution < -0.4 is 33.2 Å². The first-order valence-corrected chi connectivity index (χ1v) is 9.66. The molecular formula is C17H31N7O8. The molecule has 0 aliphatic rings. The zero-order chi connectivity index (χ0) is 24.8. The van der Waals surface area contributed by atoms with Gasteiger partial charge in [-0.05, 0) is 26.2 Å². The molecule has 0 radical (unpaired) electrons. The van der Waals surface area contributed by atoms with Crippen LogP contribution in [0, 0.1) is 0 Å². The number of amides is 3. The summed E-state index contributed by atoms with van der Waals surface area (Å²) >= 11 is 0. The summed E-state index contributed by atoms with van der Waals surface area (Å²) in [4.78, 5) is 62.3. The molecule has 4 unspecified atom stereocenters. The third-order valence-electron chi connectivity index (χ3n) is 4.13. The van der Waals surface area contributed by atoms with E-state index in [1.54, 1.807) is 0 Å². The topological polar surface area (TPSA) is 273 Å². The number of rotatable bonds is 15. The molecule has 0 saturated carbocycles. The van der Waals surface area contributed by atoms with Gasteiger partial charge in [0.15, 0.2) is 5.96 Å². The number of aliphatic hydroxyl groups excluding tert-OH is 1. The van der Waals surface area contributed by atoms with Crippen LogP contribution in [-0.4, -0.2) is 88.3 Å². The van der Waals surface area contributed by atoms with Gasteiger partial charge in [0.1, 0.15) is 18.1 Å². The van der Waals surface area contributed by atoms with Gasteiger partial charge in [0.25, 0.3) is 0 Å². The molecule has 32 heavy (non-hydrogen) atoms. The number of carboxylic acids is 2. The average molecular weight is 461 g/mol. The molecule has 4 atom stereocenters. The van der Waals surface area contributed by atoms with Gasteiger partial charge in [0, 0.05) is 13.0 Å². The molecule has 0 aliphatic heterocycles. The molecule has 0 aromatic rings. The Bertz CT molecular complexity index is 711. The molecule has 0 aromatic heterocycles. The van der Waals surface area contributed by atoms with Crippen LogP contribution >= 0.6 is 0 Å². The second kappa shape index (κ2) is 14.5. The van der Waals surface area contributed by atoms with Crippen LogP contribution in [0.5, 0.6) is 0 Å². The summed E-state index contributed by atoms with van der Waals surface area (Å²) in [7, 11) is 0. The summed E-state index contributed by atoms with van der Waals surface area (Å²) in [6.07, 6.45) is -0.204. The SMILES string of the molecule is CC(NC(=O)C(N)CCCN=C(N)N)C(=O)NC(CCC(=O)O)C(=O)NC(CO)C(=O)O. The number of aliphatic carboxylic acids is 2. The quantitative estimate of drug-likeness (QED) is 0.0640. The maximum absolute atomic E-state index is 12.4. The van der Waals surface area contributed by atoms with Crippen molar-refractivity contribution in [3.8, 4) is 0 Å². The Morgan fingerprint density at radius 1 is 0.906 bits per heavy atom. The van der Waals surface area contributed by atoms with Crippen LogP contribution in [0.25, 0.3) is 0 Å². The molecule has 0 spiro atoms. The lowest BCUT2D eigenvalue weighted by Crippen LogP contribution is -2.56. The summed E-state index contributed by atoms with van der Waals surface area (Å²) in [5.41, 5.74) is 16.1. The maximum Gasteiger partial charge on any atom is 0.328 e. The normalized spacial score (nSPS) is 14.2. The monoisotopic (exact) mass is 461 g/mol. The van der Waals surface area contributed by atoms with E-state index in [0.29, 0.717) is 6.42 Å². The molecule has 0 saturated heterocycles. The van der Waals surface area contributed by atoms with E-state index in [-0.39, 0.29) is 25.3 Å². The lowest BCUT2D eigenvalue weighted by atomic mass is 10.1. The van der Waals surface area contributed by atoms with Crippen molar-refractivity contribution in [1.82, 2.24) is 16.0 Å². The van der Waals surface area contributed by atoms with Crippen molar-refractivity contribution in [1.29, 1.82) is 0 Å². The summed E-state index contributed by atoms with van der Waals surface area (Å²) in [5.74, 6) is -5.33. The molecule has 0 aromatic carbocycles. The van der Waals surface area contributed by atoms with Crippen molar-refractivity contribution in [3.05, 3.63) is 0 Å². The maximum atomic E-state index is 12.4. The van der Waals surface area contributed by atoms with Gasteiger partial charge in [-0.3, -0.25) is 24.2 Å². The average Bonchev–Trinajstić information content (AvgIpc) is 2.70. The van der Waals surface area contributed by atoms with Gasteiger partial charge in [0.2, 0.25) is 17.7 Å². The van der Waals surface area contributed by atoms with Crippen LogP contribution in [0.1, 0.15) is 32.6 Å². The minimum atomic E-state index is -1.64. The van der Waals surface area contributed by atoms with Crippen molar-refractivity contribution in [3.63, 3.8) is 0 Å². The van der Waals surface area contributed by atoms with E-state index in [0.717, 1.165) is 0 Å². The Hall–Kier alpha value is -3.46. The third-order valence-corrected chi connectivity index (χ3v) is 4.13. The van der Waals surface area contributed by atoms with E-state index >= 15 is 0 Å². The van der Waals surface area contributed by atoms with Crippen molar-refractivity contribution < 1.29 is 39.3 Å². The Labute approximate surface area is 183 Å². The third kappa shape index (κ3) is 11.7. The highest BCUT2D eigenvalue weighted by Crippen LogP contribution is 2.02. The highest BCUT2D eigenvalue weighted by Gasteiger charge is 2.28. The van der Waals surface area contributed by atoms with Crippen molar-refractivity contribution in [2.45, 2.75) is 56.8 Å². The van der Waals surface area contributed by atoms with Gasteiger partial charge in [-0.15, -0.1) is 0 Å². The summed E-state index contributed by atoms with van der Waals surface area (Å²) in [5, 5.41) is 33.4. The van der Waals surface area contributed by atoms with Crippen molar-refractivity contribution >= 4 is 35.6 Å². The second-order valence-electron chi connectivity index (χ2n) is 6.86. The lowest BCUT2D eigenvalue weighted by molar-refractivity contribution is -0.144. The van der Waals surface area contributed by atoms with Gasteiger partial charge in [0.05, 0.1) is 12.6 Å². The number of hydrogen-bond donors (Lipinski definition) is 9. The molecule has 3 amide bonds. The van der Waals surface area contributed by atoms with Crippen LogP contribution in [0.4, 0.5) is 0 Å². The smallest absolute Gasteiger partial charge is 0.328 e. The minimum Gasteiger partial charge on any atom is -0.481 e. The minimum absolute atomic E-state index is 0.0940. The second-order valence-corrected chi connectivity index (χ2v) is 6.86. The van der Waals surface area contributed by atoms with Gasteiger partial charge >= 0.3 is 11.9 Å². The summed E-state index contributed by atoms with van der Waals surface area (Å²) < 4.78 is 0. The van der Waals surface area contributed by atoms with Gasteiger partial charge in [-0.1, -0.05) is 0 Å². The summed E-state index contributed by atoms with van der Waals surface area (Å²) in [6, 6.07) is -5.15. The van der Waals surface area contributed by atoms with E-state index in [2.05, 4.69) is 15.6 Å². The standard InChI is InChI=1S/C17H31N7O8/c1-8(22-14(29)9(18)3-2-6-21-17(19)20)13(28)23-10(4-5-12(26)27)15(30)24-11(7-25)16(31)32/h8-11,25H,2-7,18H2,1H3,(H,22,29)(H,23,28)(H,24,30)(H,26,27)(H,31,32)(H4,19,20,21). The predicted octanol–water partition coefficient (Wildman–Crippen LogP) is -4.22. The molecule has 0 rings (SSSR count). The number of hydrogen-bond acceptors (Lipinski definition) is 8. The van der Waals surface area contributed by atoms with Crippen LogP contribution in [0.15, 0.2) is 4.99 Å². The number of aliphatic hydroxyl groups is 1. The number of guanidine groups is 1. The molecule has 12 N–H and O–H groups in total. The molecular weight excluding hydrogens is 430 g/mol. The largest absolute Gasteiger partial charge is 0.481 e. The molecule has 15 heteroatoms. The number of nitrogens with two attached hydrogens (primary N) is 3. The lowest BCUT2D eigenvalue weighted by Gasteiger charge is -2.23. The number of nitrogens with zero attached hydrogens (tertiary/aromatic N) is 1. The fourth-order valence-electron chi connectivity index (χ4n) is 2.33. The Morgan fingerprint density at radius 3 is 2.00 bits per heavy atom. The first-order valence-electron chi connectivity index (χ1n) is 9.66. The first kappa shape index (κ1) is 28.5. The van der Waals surface area contributed by atoms with E-state index in [1.807, 2.05) is 5.32 Å². The van der Waals surface area contributed by atoms with Crippen LogP contribution in [-0.2, 0) is 24.0 Å². The highest BCUT2D eigenvalue weighted by molar-refractivity contribution is 5.94. The van der Waals surface area contributed by atoms with E-state index in [9.17, 15) is 24.0 Å². The molecule has 0 bridgehead atoms. The van der Waals surface area contributed by atoms with Crippen molar-refractivity contribution in [2.24, 2.45) is 22.2 Å². The van der Waals surface area contributed by atoms with Crippen LogP contribution in [0.3, 0.4) is 0 Å². The number of carbonyl (C=O) groups excluding carboxylic acids is 3. The van der Waals surface area contributed by atoms with E-state index < -0.39 is 66.9 Å². The summed E-state index contributed by atoms with van der Waals surface area (Å²) in [6.45, 7) is 0.679. The number of aliphatic imine (C=N–C) groups is 1. The van der Waals surface area contributed by atoms with E-state index in [4.69, 9.17) is 32.5 Å². The number of carbonyl (C=O) groups is 5. The Balaban J connectivity index is 4.93. The fourth-order valence-corrected chi connectivity index (χ4v) is 2.33. The predicted molar refractivity (Wildman–Crippen MR) is 111 cm³/mol. The fraction of sp³-hybridized carbons (Fsp3) is 0.647. The van der Waals surface area contributed by atoms with E-state index in [1.165, 1.54) is 6.92 Å². The number of carboxylic acid groups (broad SMARTS) is 2. The zero-order valence-electron chi connectivity index (χ0n) is 17.6. The molecule has 15 nitrogen and oxygen atoms in total. The first-order chi connectivity index (χ1) is 14.9. The molecule has 0 aliphatic carbocycles. The van der Waals surface area contributed by atoms with Gasteiger partial charge < -0.3 is 48.5 Å². The van der Waals surface area contributed by atoms with Gasteiger partial charge in [-0.2, -0.15) is 0 Å². The van der Waals surface area contributed by atoms with Gasteiger partial charge in [-0.25, -0.2) is 4.79 Å². The Morgan fingerprint density at radius 2 is 1.50 bits per heavy atom. The molecule has 0 heterocycles. The molecule has 0 fully saturated rings. The number of nitrogens with one attached hydrogen (secondary N) is 3. The van der Waals surface area contributed by atoms with Crippen LogP contribution in [0.2, 0.25) is 0 Å². The highest BCUT2D eigenvalue weighted by atomic mass is 16.4. The zero-order valence-corrected chi connectivity index (χ0v) is 17.6. The Kier molecular flexibility index (Phi) is 13.0. The van der Waals surface area contributed by atoms with Crippen molar-refractivity contribution in [2.75, 3.05) is 13.2 Å². The molecule has 182 valence electrons.